The van der Waals surface area contributed by atoms with Gasteiger partial charge in [-0.25, -0.2) is 0 Å². The lowest BCUT2D eigenvalue weighted by Crippen LogP contribution is -2.26. The van der Waals surface area contributed by atoms with Crippen molar-refractivity contribution >= 4 is 27.3 Å². The minimum absolute atomic E-state index is 0.00364. The molecule has 0 saturated heterocycles. The van der Waals surface area contributed by atoms with Gasteiger partial charge in [-0.15, -0.1) is 11.3 Å². The second-order valence-electron chi connectivity index (χ2n) is 8.64. The van der Waals surface area contributed by atoms with Crippen LogP contribution in [0.3, 0.4) is 0 Å². The molecule has 160 valence electrons. The summed E-state index contributed by atoms with van der Waals surface area (Å²) in [6, 6.07) is 10.4. The number of aryl methyl sites for hydroxylation is 1. The predicted molar refractivity (Wildman–Crippen MR) is 122 cm³/mol. The van der Waals surface area contributed by atoms with Gasteiger partial charge in [0.05, 0.1) is 17.1 Å². The van der Waals surface area contributed by atoms with Crippen molar-refractivity contribution in [3.8, 4) is 0 Å². The molecule has 1 saturated carbocycles. The van der Waals surface area contributed by atoms with Crippen LogP contribution in [-0.2, 0) is 13.0 Å². The van der Waals surface area contributed by atoms with E-state index in [1.807, 2.05) is 13.0 Å². The molecule has 0 unspecified atom stereocenters. The van der Waals surface area contributed by atoms with E-state index in [4.69, 9.17) is 4.52 Å². The standard InChI is InChI=1S/C24H31N3O2S/c1-4-18-13-19(29-26-18)14-25-24(28)23-22(20-7-5-6-8-21(20)30-23)17-11-9-16(10-12-17)15-27(2)3/h5-8,13,16-17H,4,9-12,14-15H2,1-3H3,(H,25,28). The highest BCUT2D eigenvalue weighted by Crippen LogP contribution is 2.43. The normalized spacial score (nSPS) is 19.5. The lowest BCUT2D eigenvalue weighted by atomic mass is 9.77. The second kappa shape index (κ2) is 9.31. The molecule has 4 rings (SSSR count). The van der Waals surface area contributed by atoms with Crippen LogP contribution in [0.4, 0.5) is 0 Å². The maximum absolute atomic E-state index is 13.2. The van der Waals surface area contributed by atoms with E-state index in [9.17, 15) is 4.79 Å². The van der Waals surface area contributed by atoms with Crippen molar-refractivity contribution in [1.29, 1.82) is 0 Å². The van der Waals surface area contributed by atoms with Crippen LogP contribution in [-0.4, -0.2) is 36.6 Å². The third-order valence-corrected chi connectivity index (χ3v) is 7.30. The molecule has 3 aromatic rings. The molecule has 0 atom stereocenters. The molecule has 5 nitrogen and oxygen atoms in total. The molecule has 1 aliphatic rings. The Morgan fingerprint density at radius 3 is 2.70 bits per heavy atom. The maximum Gasteiger partial charge on any atom is 0.262 e. The van der Waals surface area contributed by atoms with E-state index in [0.717, 1.165) is 42.3 Å². The van der Waals surface area contributed by atoms with Gasteiger partial charge in [-0.1, -0.05) is 30.3 Å². The molecule has 1 aromatic carbocycles. The molecule has 2 aromatic heterocycles. The van der Waals surface area contributed by atoms with Gasteiger partial charge in [0.25, 0.3) is 5.91 Å². The minimum atomic E-state index is -0.00364. The number of rotatable bonds is 7. The molecule has 6 heteroatoms. The van der Waals surface area contributed by atoms with Crippen LogP contribution in [0.5, 0.6) is 0 Å². The number of carbonyl (C=O) groups is 1. The van der Waals surface area contributed by atoms with Crippen molar-refractivity contribution in [1.82, 2.24) is 15.4 Å². The van der Waals surface area contributed by atoms with Gasteiger partial charge >= 0.3 is 0 Å². The summed E-state index contributed by atoms with van der Waals surface area (Å²) in [4.78, 5) is 16.3. The molecule has 30 heavy (non-hydrogen) atoms. The summed E-state index contributed by atoms with van der Waals surface area (Å²) >= 11 is 1.62. The van der Waals surface area contributed by atoms with Crippen molar-refractivity contribution in [2.24, 2.45) is 5.92 Å². The summed E-state index contributed by atoms with van der Waals surface area (Å²) in [5.74, 6) is 1.91. The first kappa shape index (κ1) is 21.1. The molecule has 0 radical (unpaired) electrons. The first-order chi connectivity index (χ1) is 14.5. The Kier molecular flexibility index (Phi) is 6.54. The van der Waals surface area contributed by atoms with Crippen LogP contribution < -0.4 is 5.32 Å². The summed E-state index contributed by atoms with van der Waals surface area (Å²) in [6.45, 7) is 3.56. The summed E-state index contributed by atoms with van der Waals surface area (Å²) in [5, 5.41) is 8.32. The van der Waals surface area contributed by atoms with Crippen molar-refractivity contribution in [3.63, 3.8) is 0 Å². The molecule has 1 aliphatic carbocycles. The highest BCUT2D eigenvalue weighted by molar-refractivity contribution is 7.21. The van der Waals surface area contributed by atoms with Gasteiger partial charge in [0.1, 0.15) is 0 Å². The van der Waals surface area contributed by atoms with E-state index < -0.39 is 0 Å². The fraction of sp³-hybridized carbons (Fsp3) is 0.500. The third-order valence-electron chi connectivity index (χ3n) is 6.11. The number of carbonyl (C=O) groups excluding carboxylic acids is 1. The van der Waals surface area contributed by atoms with Crippen LogP contribution in [0.15, 0.2) is 34.9 Å². The van der Waals surface area contributed by atoms with Gasteiger partial charge in [0, 0.05) is 17.3 Å². The average molecular weight is 426 g/mol. The Labute approximate surface area is 182 Å². The van der Waals surface area contributed by atoms with Gasteiger partial charge in [0.15, 0.2) is 5.76 Å². The first-order valence-electron chi connectivity index (χ1n) is 10.9. The largest absolute Gasteiger partial charge is 0.359 e. The molecule has 0 aliphatic heterocycles. The van der Waals surface area contributed by atoms with Crippen molar-refractivity contribution in [2.75, 3.05) is 20.6 Å². The molecule has 1 N–H and O–H groups in total. The summed E-state index contributed by atoms with van der Waals surface area (Å²) < 4.78 is 6.52. The highest BCUT2D eigenvalue weighted by Gasteiger charge is 2.29. The van der Waals surface area contributed by atoms with Crippen molar-refractivity contribution < 1.29 is 9.32 Å². The molecular formula is C24H31N3O2S. The third kappa shape index (κ3) is 4.60. The molecule has 0 bridgehead atoms. The smallest absolute Gasteiger partial charge is 0.262 e. The van der Waals surface area contributed by atoms with Gasteiger partial charge in [-0.05, 0) is 75.1 Å². The Morgan fingerprint density at radius 1 is 1.23 bits per heavy atom. The SMILES string of the molecule is CCc1cc(CNC(=O)c2sc3ccccc3c2C2CCC(CN(C)C)CC2)on1. The number of benzene rings is 1. The lowest BCUT2D eigenvalue weighted by molar-refractivity contribution is 0.0949. The Balaban J connectivity index is 1.53. The van der Waals surface area contributed by atoms with Crippen molar-refractivity contribution in [3.05, 3.63) is 52.2 Å². The van der Waals surface area contributed by atoms with E-state index in [1.165, 1.54) is 28.5 Å². The maximum atomic E-state index is 13.2. The Morgan fingerprint density at radius 2 is 2.00 bits per heavy atom. The topological polar surface area (TPSA) is 58.4 Å². The Hall–Kier alpha value is -2.18. The van der Waals surface area contributed by atoms with Gasteiger partial charge < -0.3 is 14.7 Å². The number of amides is 1. The molecule has 1 amide bonds. The number of hydrogen-bond acceptors (Lipinski definition) is 5. The lowest BCUT2D eigenvalue weighted by Gasteiger charge is -2.30. The quantitative estimate of drug-likeness (QED) is 0.564. The number of nitrogens with one attached hydrogen (secondary N) is 1. The number of thiophene rings is 1. The van der Waals surface area contributed by atoms with Crippen LogP contribution in [0.25, 0.3) is 10.1 Å². The van der Waals surface area contributed by atoms with E-state index in [1.54, 1.807) is 11.3 Å². The van der Waals surface area contributed by atoms with E-state index in [-0.39, 0.29) is 5.91 Å². The van der Waals surface area contributed by atoms with Crippen molar-refractivity contribution in [2.45, 2.75) is 51.5 Å². The summed E-state index contributed by atoms with van der Waals surface area (Å²) in [6.07, 6.45) is 5.59. The van der Waals surface area contributed by atoms with Gasteiger partial charge in [-0.2, -0.15) is 0 Å². The summed E-state index contributed by atoms with van der Waals surface area (Å²) in [5.41, 5.74) is 2.17. The van der Waals surface area contributed by atoms with Gasteiger partial charge in [0.2, 0.25) is 0 Å². The monoisotopic (exact) mass is 425 g/mol. The van der Waals surface area contributed by atoms with Crippen LogP contribution in [0.1, 0.15) is 65.2 Å². The Bertz CT molecular complexity index is 999. The fourth-order valence-corrected chi connectivity index (χ4v) is 5.85. The first-order valence-corrected chi connectivity index (χ1v) is 11.8. The summed E-state index contributed by atoms with van der Waals surface area (Å²) in [7, 11) is 4.30. The fourth-order valence-electron chi connectivity index (χ4n) is 4.64. The van der Waals surface area contributed by atoms with Crippen LogP contribution in [0, 0.1) is 5.92 Å². The minimum Gasteiger partial charge on any atom is -0.359 e. The number of fused-ring (bicyclic) bond motifs is 1. The van der Waals surface area contributed by atoms with Crippen LogP contribution in [0.2, 0.25) is 0 Å². The zero-order chi connectivity index (χ0) is 21.1. The molecule has 1 fully saturated rings. The number of aromatic nitrogens is 1. The zero-order valence-electron chi connectivity index (χ0n) is 18.1. The van der Waals surface area contributed by atoms with E-state index in [0.29, 0.717) is 18.2 Å². The number of hydrogen-bond donors (Lipinski definition) is 1. The van der Waals surface area contributed by atoms with E-state index >= 15 is 0 Å². The second-order valence-corrected chi connectivity index (χ2v) is 9.69. The van der Waals surface area contributed by atoms with Crippen LogP contribution >= 0.6 is 11.3 Å². The highest BCUT2D eigenvalue weighted by atomic mass is 32.1. The molecule has 0 spiro atoms. The zero-order valence-corrected chi connectivity index (χ0v) is 18.9. The average Bonchev–Trinajstić information content (AvgIpc) is 3.37. The van der Waals surface area contributed by atoms with Gasteiger partial charge in [-0.3, -0.25) is 4.79 Å². The predicted octanol–water partition coefficient (Wildman–Crippen LogP) is 5.22. The van der Waals surface area contributed by atoms with E-state index in [2.05, 4.69) is 53.7 Å². The molecule has 2 heterocycles. The number of nitrogens with zero attached hydrogens (tertiary/aromatic N) is 2. The molecular weight excluding hydrogens is 394 g/mol.